The second kappa shape index (κ2) is 4.76. The van der Waals surface area contributed by atoms with Crippen LogP contribution in [0.25, 0.3) is 0 Å². The van der Waals surface area contributed by atoms with Crippen molar-refractivity contribution in [1.29, 1.82) is 0 Å². The molecule has 0 aromatic heterocycles. The molecule has 16 heavy (non-hydrogen) atoms. The van der Waals surface area contributed by atoms with Gasteiger partial charge in [-0.1, -0.05) is 22.9 Å². The van der Waals surface area contributed by atoms with Crippen LogP contribution in [0, 0.1) is 0 Å². The highest BCUT2D eigenvalue weighted by Crippen LogP contribution is 2.35. The van der Waals surface area contributed by atoms with Crippen LogP contribution in [0.3, 0.4) is 0 Å². The van der Waals surface area contributed by atoms with Crippen LogP contribution in [0.2, 0.25) is 0 Å². The van der Waals surface area contributed by atoms with Crippen LogP contribution in [0.1, 0.15) is 38.2 Å². The number of halogens is 1. The van der Waals surface area contributed by atoms with Crippen molar-refractivity contribution >= 4 is 15.9 Å². The van der Waals surface area contributed by atoms with Gasteiger partial charge in [-0.05, 0) is 43.9 Å². The molecule has 88 valence electrons. The molecule has 2 nitrogen and oxygen atoms in total. The summed E-state index contributed by atoms with van der Waals surface area (Å²) < 4.78 is 1.02. The summed E-state index contributed by atoms with van der Waals surface area (Å²) in [6.45, 7) is 2.98. The Hall–Kier alpha value is -0.540. The van der Waals surface area contributed by atoms with E-state index >= 15 is 0 Å². The molecule has 3 heteroatoms. The monoisotopic (exact) mass is 283 g/mol. The molecule has 1 aromatic rings. The minimum Gasteiger partial charge on any atom is -0.508 e. The van der Waals surface area contributed by atoms with E-state index in [1.165, 1.54) is 25.7 Å². The minimum absolute atomic E-state index is 0.328. The van der Waals surface area contributed by atoms with E-state index < -0.39 is 0 Å². The number of aromatic hydroxyl groups is 1. The third-order valence-electron chi connectivity index (χ3n) is 3.68. The van der Waals surface area contributed by atoms with Crippen LogP contribution >= 0.6 is 15.9 Å². The highest BCUT2D eigenvalue weighted by molar-refractivity contribution is 9.10. The first kappa shape index (κ1) is 11.9. The van der Waals surface area contributed by atoms with E-state index in [0.29, 0.717) is 11.3 Å². The molecule has 2 rings (SSSR count). The number of hydrogen-bond donors (Lipinski definition) is 2. The predicted molar refractivity (Wildman–Crippen MR) is 69.5 cm³/mol. The van der Waals surface area contributed by atoms with Crippen LogP contribution in [0.4, 0.5) is 0 Å². The van der Waals surface area contributed by atoms with Gasteiger partial charge in [-0.25, -0.2) is 0 Å². The molecule has 1 saturated carbocycles. The standard InChI is InChI=1S/C13H18BrNO/c1-2-13(6-3-7-13)15-9-10-8-11(14)4-5-12(10)16/h4-5,8,15-16H,2-3,6-7,9H2,1H3. The average Bonchev–Trinajstić information content (AvgIpc) is 2.22. The lowest BCUT2D eigenvalue weighted by Crippen LogP contribution is -2.49. The van der Waals surface area contributed by atoms with Gasteiger partial charge in [0.25, 0.3) is 0 Å². The maximum atomic E-state index is 9.73. The van der Waals surface area contributed by atoms with Crippen molar-refractivity contribution in [3.8, 4) is 5.75 Å². The fourth-order valence-electron chi connectivity index (χ4n) is 2.24. The Bertz CT molecular complexity index is 369. The topological polar surface area (TPSA) is 32.3 Å². The molecule has 2 N–H and O–H groups in total. The predicted octanol–water partition coefficient (Wildman–Crippen LogP) is 3.58. The molecule has 0 atom stereocenters. The third kappa shape index (κ3) is 2.41. The van der Waals surface area contributed by atoms with E-state index in [1.807, 2.05) is 12.1 Å². The summed E-state index contributed by atoms with van der Waals surface area (Å²) in [7, 11) is 0. The van der Waals surface area contributed by atoms with Gasteiger partial charge in [0, 0.05) is 22.1 Å². The van der Waals surface area contributed by atoms with Crippen molar-refractivity contribution in [3.05, 3.63) is 28.2 Å². The number of hydrogen-bond acceptors (Lipinski definition) is 2. The Morgan fingerprint density at radius 1 is 1.44 bits per heavy atom. The Labute approximate surface area is 105 Å². The second-order valence-corrected chi connectivity index (χ2v) is 5.53. The summed E-state index contributed by atoms with van der Waals surface area (Å²) in [5, 5.41) is 13.3. The largest absolute Gasteiger partial charge is 0.508 e. The molecule has 0 heterocycles. The molecule has 1 fully saturated rings. The summed E-state index contributed by atoms with van der Waals surface area (Å²) in [5.74, 6) is 0.376. The molecule has 1 aromatic carbocycles. The van der Waals surface area contributed by atoms with E-state index in [2.05, 4.69) is 28.2 Å². The lowest BCUT2D eigenvalue weighted by molar-refractivity contribution is 0.175. The molecule has 0 spiro atoms. The Morgan fingerprint density at radius 3 is 2.75 bits per heavy atom. The van der Waals surface area contributed by atoms with Crippen LogP contribution in [0.15, 0.2) is 22.7 Å². The van der Waals surface area contributed by atoms with Gasteiger partial charge in [0.05, 0.1) is 0 Å². The summed E-state index contributed by atoms with van der Waals surface area (Å²) >= 11 is 3.43. The van der Waals surface area contributed by atoms with Crippen LogP contribution in [-0.4, -0.2) is 10.6 Å². The van der Waals surface area contributed by atoms with Crippen molar-refractivity contribution < 1.29 is 5.11 Å². The van der Waals surface area contributed by atoms with Crippen molar-refractivity contribution in [3.63, 3.8) is 0 Å². The normalized spacial score (nSPS) is 18.1. The van der Waals surface area contributed by atoms with Crippen LogP contribution in [-0.2, 0) is 6.54 Å². The molecule has 1 aliphatic carbocycles. The van der Waals surface area contributed by atoms with E-state index in [-0.39, 0.29) is 0 Å². The maximum Gasteiger partial charge on any atom is 0.120 e. The highest BCUT2D eigenvalue weighted by atomic mass is 79.9. The number of phenolic OH excluding ortho intramolecular Hbond substituents is 1. The zero-order valence-corrected chi connectivity index (χ0v) is 11.2. The van der Waals surface area contributed by atoms with Gasteiger partial charge in [-0.3, -0.25) is 0 Å². The fourth-order valence-corrected chi connectivity index (χ4v) is 2.65. The smallest absolute Gasteiger partial charge is 0.120 e. The van der Waals surface area contributed by atoms with E-state index in [0.717, 1.165) is 16.6 Å². The van der Waals surface area contributed by atoms with Gasteiger partial charge in [-0.15, -0.1) is 0 Å². The number of benzene rings is 1. The lowest BCUT2D eigenvalue weighted by Gasteiger charge is -2.42. The number of nitrogens with one attached hydrogen (secondary N) is 1. The van der Waals surface area contributed by atoms with Gasteiger partial charge < -0.3 is 10.4 Å². The van der Waals surface area contributed by atoms with Crippen molar-refractivity contribution in [1.82, 2.24) is 5.32 Å². The van der Waals surface area contributed by atoms with Gasteiger partial charge in [0.2, 0.25) is 0 Å². The summed E-state index contributed by atoms with van der Waals surface area (Å²) in [6.07, 6.45) is 5.02. The number of phenols is 1. The molecule has 0 radical (unpaired) electrons. The summed E-state index contributed by atoms with van der Waals surface area (Å²) in [5.41, 5.74) is 1.29. The third-order valence-corrected chi connectivity index (χ3v) is 4.18. The highest BCUT2D eigenvalue weighted by Gasteiger charge is 2.34. The van der Waals surface area contributed by atoms with Crippen LogP contribution < -0.4 is 5.32 Å². The van der Waals surface area contributed by atoms with Crippen molar-refractivity contribution in [2.45, 2.75) is 44.7 Å². The van der Waals surface area contributed by atoms with Crippen molar-refractivity contribution in [2.24, 2.45) is 0 Å². The first-order valence-electron chi connectivity index (χ1n) is 5.88. The molecule has 0 amide bonds. The first-order chi connectivity index (χ1) is 7.65. The average molecular weight is 284 g/mol. The SMILES string of the molecule is CCC1(NCc2cc(Br)ccc2O)CCC1. The van der Waals surface area contributed by atoms with E-state index in [9.17, 15) is 5.11 Å². The molecular formula is C13H18BrNO. The summed E-state index contributed by atoms with van der Waals surface area (Å²) in [6, 6.07) is 5.57. The molecule has 0 aliphatic heterocycles. The molecule has 0 unspecified atom stereocenters. The second-order valence-electron chi connectivity index (χ2n) is 4.61. The maximum absolute atomic E-state index is 9.73. The molecule has 1 aliphatic rings. The lowest BCUT2D eigenvalue weighted by atomic mass is 9.75. The number of rotatable bonds is 4. The Kier molecular flexibility index (Phi) is 3.55. The zero-order valence-electron chi connectivity index (χ0n) is 9.59. The van der Waals surface area contributed by atoms with E-state index in [4.69, 9.17) is 0 Å². The van der Waals surface area contributed by atoms with Gasteiger partial charge in [-0.2, -0.15) is 0 Å². The van der Waals surface area contributed by atoms with Gasteiger partial charge in [0.15, 0.2) is 0 Å². The van der Waals surface area contributed by atoms with E-state index in [1.54, 1.807) is 6.07 Å². The molecule has 0 saturated heterocycles. The Morgan fingerprint density at radius 2 is 2.19 bits per heavy atom. The zero-order chi connectivity index (χ0) is 11.6. The Balaban J connectivity index is 2.01. The molecular weight excluding hydrogens is 266 g/mol. The molecule has 0 bridgehead atoms. The quantitative estimate of drug-likeness (QED) is 0.885. The van der Waals surface area contributed by atoms with Gasteiger partial charge >= 0.3 is 0 Å². The van der Waals surface area contributed by atoms with Crippen LogP contribution in [0.5, 0.6) is 5.75 Å². The van der Waals surface area contributed by atoms with Gasteiger partial charge in [0.1, 0.15) is 5.75 Å². The summed E-state index contributed by atoms with van der Waals surface area (Å²) in [4.78, 5) is 0. The first-order valence-corrected chi connectivity index (χ1v) is 6.67. The fraction of sp³-hybridized carbons (Fsp3) is 0.538. The van der Waals surface area contributed by atoms with Crippen molar-refractivity contribution in [2.75, 3.05) is 0 Å². The minimum atomic E-state index is 0.328.